The van der Waals surface area contributed by atoms with Crippen molar-refractivity contribution < 1.29 is 23.4 Å². The third-order valence-corrected chi connectivity index (χ3v) is 5.01. The van der Waals surface area contributed by atoms with Crippen LogP contribution in [-0.4, -0.2) is 44.2 Å². The third-order valence-electron chi connectivity index (χ3n) is 5.01. The van der Waals surface area contributed by atoms with Crippen LogP contribution in [0.1, 0.15) is 12.0 Å². The summed E-state index contributed by atoms with van der Waals surface area (Å²) in [7, 11) is 1.62. The molecule has 1 fully saturated rings. The molecule has 1 aliphatic rings. The van der Waals surface area contributed by atoms with Gasteiger partial charge < -0.3 is 34.6 Å². The minimum atomic E-state index is -0.428. The fraction of sp³-hybridized carbons (Fsp3) is 0.304. The molecule has 0 unspecified atom stereocenters. The molecule has 2 aromatic carbocycles. The van der Waals surface area contributed by atoms with E-state index < -0.39 is 6.09 Å². The van der Waals surface area contributed by atoms with E-state index in [4.69, 9.17) is 18.6 Å². The van der Waals surface area contributed by atoms with Gasteiger partial charge in [-0.15, -0.1) is 0 Å². The van der Waals surface area contributed by atoms with Crippen LogP contribution in [0.5, 0.6) is 5.75 Å². The number of hydrogen-bond donors (Lipinski definition) is 3. The van der Waals surface area contributed by atoms with E-state index in [1.165, 1.54) is 6.39 Å². The van der Waals surface area contributed by atoms with Crippen LogP contribution in [0.15, 0.2) is 59.5 Å². The van der Waals surface area contributed by atoms with Gasteiger partial charge in [-0.2, -0.15) is 0 Å². The zero-order chi connectivity index (χ0) is 22.2. The van der Waals surface area contributed by atoms with Gasteiger partial charge in [-0.05, 0) is 29.8 Å². The van der Waals surface area contributed by atoms with Gasteiger partial charge in [0, 0.05) is 30.4 Å². The summed E-state index contributed by atoms with van der Waals surface area (Å²) >= 11 is 0. The van der Waals surface area contributed by atoms with Crippen LogP contribution in [0.3, 0.4) is 0 Å². The second-order valence-corrected chi connectivity index (χ2v) is 7.26. The molecule has 0 spiro atoms. The lowest BCUT2D eigenvalue weighted by atomic mass is 10.1. The molecule has 3 N–H and O–H groups in total. The molecule has 0 saturated carbocycles. The minimum absolute atomic E-state index is 0.155. The number of methoxy groups -OCH3 is 1. The van der Waals surface area contributed by atoms with Gasteiger partial charge in [-0.1, -0.05) is 12.1 Å². The summed E-state index contributed by atoms with van der Waals surface area (Å²) in [5.74, 6) is 1.34. The lowest BCUT2D eigenvalue weighted by Crippen LogP contribution is -2.28. The maximum absolute atomic E-state index is 11.9. The summed E-state index contributed by atoms with van der Waals surface area (Å²) < 4.78 is 21.4. The van der Waals surface area contributed by atoms with Crippen LogP contribution in [0.4, 0.5) is 16.2 Å². The van der Waals surface area contributed by atoms with Gasteiger partial charge in [0.15, 0.2) is 12.2 Å². The number of nitrogens with one attached hydrogen (secondary N) is 3. The molecule has 0 radical (unpaired) electrons. The maximum Gasteiger partial charge on any atom is 0.407 e. The second kappa shape index (κ2) is 10.5. The Morgan fingerprint density at radius 1 is 1.19 bits per heavy atom. The van der Waals surface area contributed by atoms with E-state index in [1.807, 2.05) is 42.5 Å². The average molecular weight is 438 g/mol. The van der Waals surface area contributed by atoms with Crippen molar-refractivity contribution >= 4 is 17.5 Å². The Morgan fingerprint density at radius 2 is 2.06 bits per heavy atom. The van der Waals surface area contributed by atoms with E-state index in [1.54, 1.807) is 13.3 Å². The molecular formula is C23H26N4O5. The highest BCUT2D eigenvalue weighted by atomic mass is 16.6. The van der Waals surface area contributed by atoms with Crippen LogP contribution in [0.2, 0.25) is 0 Å². The van der Waals surface area contributed by atoms with Gasteiger partial charge in [0.2, 0.25) is 0 Å². The summed E-state index contributed by atoms with van der Waals surface area (Å²) in [6.07, 6.45) is 3.20. The topological polar surface area (TPSA) is 107 Å². The number of carbonyl (C=O) groups excluding carboxylic acids is 1. The lowest BCUT2D eigenvalue weighted by molar-refractivity contribution is 0.0828. The minimum Gasteiger partial charge on any atom is -0.496 e. The van der Waals surface area contributed by atoms with Crippen LogP contribution in [0, 0.1) is 0 Å². The van der Waals surface area contributed by atoms with E-state index in [0.29, 0.717) is 37.9 Å². The number of ether oxygens (including phenoxy) is 3. The van der Waals surface area contributed by atoms with E-state index in [9.17, 15) is 4.79 Å². The van der Waals surface area contributed by atoms with Crippen molar-refractivity contribution in [3.05, 3.63) is 60.6 Å². The monoisotopic (exact) mass is 438 g/mol. The molecule has 0 aliphatic carbocycles. The van der Waals surface area contributed by atoms with Crippen molar-refractivity contribution in [1.82, 2.24) is 10.3 Å². The first-order chi connectivity index (χ1) is 15.7. The maximum atomic E-state index is 11.9. The van der Waals surface area contributed by atoms with Crippen LogP contribution in [-0.2, 0) is 16.0 Å². The normalized spacial score (nSPS) is 15.2. The first kappa shape index (κ1) is 21.5. The molecule has 32 heavy (non-hydrogen) atoms. The highest BCUT2D eigenvalue weighted by Gasteiger charge is 2.19. The van der Waals surface area contributed by atoms with Gasteiger partial charge in [-0.25, -0.2) is 9.78 Å². The van der Waals surface area contributed by atoms with Crippen molar-refractivity contribution in [3.8, 4) is 17.1 Å². The lowest BCUT2D eigenvalue weighted by Gasteiger charge is -2.14. The Morgan fingerprint density at radius 3 is 2.81 bits per heavy atom. The van der Waals surface area contributed by atoms with Gasteiger partial charge in [0.05, 0.1) is 38.8 Å². The first-order valence-corrected chi connectivity index (χ1v) is 10.4. The second-order valence-electron chi connectivity index (χ2n) is 7.26. The number of benzene rings is 2. The van der Waals surface area contributed by atoms with Gasteiger partial charge in [-0.3, -0.25) is 0 Å². The van der Waals surface area contributed by atoms with E-state index in [0.717, 1.165) is 28.9 Å². The molecule has 0 bridgehead atoms. The first-order valence-electron chi connectivity index (χ1n) is 10.4. The Kier molecular flexibility index (Phi) is 7.08. The van der Waals surface area contributed by atoms with E-state index in [2.05, 4.69) is 20.9 Å². The number of carbonyl (C=O) groups is 1. The number of nitrogens with zero attached hydrogens (tertiary/aromatic N) is 1. The summed E-state index contributed by atoms with van der Waals surface area (Å²) in [5, 5.41) is 9.41. The number of aromatic nitrogens is 1. The SMILES string of the molecule is COc1cc(NCNc2cccc(CNC(=O)O[C@H]3CCOC3)c2)ccc1-c1cnco1. The Balaban J connectivity index is 1.26. The van der Waals surface area contributed by atoms with E-state index >= 15 is 0 Å². The van der Waals surface area contributed by atoms with Crippen molar-refractivity contribution in [2.45, 2.75) is 19.1 Å². The quantitative estimate of drug-likeness (QED) is 0.433. The molecule has 168 valence electrons. The van der Waals surface area contributed by atoms with Crippen molar-refractivity contribution in [2.24, 2.45) is 0 Å². The fourth-order valence-corrected chi connectivity index (χ4v) is 3.37. The highest BCUT2D eigenvalue weighted by Crippen LogP contribution is 2.32. The summed E-state index contributed by atoms with van der Waals surface area (Å²) in [6, 6.07) is 13.6. The predicted octanol–water partition coefficient (Wildman–Crippen LogP) is 3.85. The Labute approximate surface area is 186 Å². The number of amides is 1. The number of hydrogen-bond acceptors (Lipinski definition) is 8. The molecule has 1 aliphatic heterocycles. The molecule has 1 atom stereocenters. The fourth-order valence-electron chi connectivity index (χ4n) is 3.37. The van der Waals surface area contributed by atoms with Gasteiger partial charge in [0.25, 0.3) is 0 Å². The molecule has 1 saturated heterocycles. The Hall–Kier alpha value is -3.72. The molecule has 4 rings (SSSR count). The van der Waals surface area contributed by atoms with Gasteiger partial charge in [0.1, 0.15) is 11.9 Å². The zero-order valence-electron chi connectivity index (χ0n) is 17.8. The third kappa shape index (κ3) is 5.70. The molecule has 9 nitrogen and oxygen atoms in total. The summed E-state index contributed by atoms with van der Waals surface area (Å²) in [4.78, 5) is 15.9. The molecule has 1 amide bonds. The Bertz CT molecular complexity index is 1020. The zero-order valence-corrected chi connectivity index (χ0v) is 17.8. The molecule has 1 aromatic heterocycles. The molecule has 2 heterocycles. The van der Waals surface area contributed by atoms with E-state index in [-0.39, 0.29) is 6.10 Å². The van der Waals surface area contributed by atoms with Crippen molar-refractivity contribution in [2.75, 3.05) is 37.6 Å². The standard InChI is InChI=1S/C23H26N4O5/c1-29-21-10-18(5-6-20(21)22-12-24-15-31-22)27-14-26-17-4-2-3-16(9-17)11-25-23(28)32-19-7-8-30-13-19/h2-6,9-10,12,15,19,26-27H,7-8,11,13-14H2,1H3,(H,25,28)/t19-/m0/s1. The molecule has 9 heteroatoms. The number of alkyl carbamates (subject to hydrolysis) is 1. The van der Waals surface area contributed by atoms with Crippen LogP contribution < -0.4 is 20.7 Å². The van der Waals surface area contributed by atoms with Gasteiger partial charge >= 0.3 is 6.09 Å². The number of anilines is 2. The number of oxazole rings is 1. The van der Waals surface area contributed by atoms with Crippen LogP contribution in [0.25, 0.3) is 11.3 Å². The summed E-state index contributed by atoms with van der Waals surface area (Å²) in [5.41, 5.74) is 3.63. The predicted molar refractivity (Wildman–Crippen MR) is 120 cm³/mol. The smallest absolute Gasteiger partial charge is 0.407 e. The van der Waals surface area contributed by atoms with Crippen molar-refractivity contribution in [3.63, 3.8) is 0 Å². The van der Waals surface area contributed by atoms with Crippen molar-refractivity contribution in [1.29, 1.82) is 0 Å². The average Bonchev–Trinajstić information content (AvgIpc) is 3.52. The van der Waals surface area contributed by atoms with Crippen LogP contribution >= 0.6 is 0 Å². The number of rotatable bonds is 9. The molecule has 3 aromatic rings. The summed E-state index contributed by atoms with van der Waals surface area (Å²) in [6.45, 7) is 1.99. The molecular weight excluding hydrogens is 412 g/mol. The largest absolute Gasteiger partial charge is 0.496 e. The highest BCUT2D eigenvalue weighted by molar-refractivity contribution is 5.69.